The van der Waals surface area contributed by atoms with E-state index in [2.05, 4.69) is 30.7 Å². The van der Waals surface area contributed by atoms with Gasteiger partial charge in [-0.3, -0.25) is 0 Å². The zero-order valence-electron chi connectivity index (χ0n) is 10.9. The van der Waals surface area contributed by atoms with Gasteiger partial charge in [0.1, 0.15) is 5.82 Å². The van der Waals surface area contributed by atoms with E-state index in [0.29, 0.717) is 17.2 Å². The molecule has 0 atom stereocenters. The van der Waals surface area contributed by atoms with Crippen LogP contribution in [0.1, 0.15) is 13.8 Å². The Bertz CT molecular complexity index is 250. The van der Waals surface area contributed by atoms with Gasteiger partial charge in [-0.25, -0.2) is 4.99 Å². The topological polar surface area (TPSA) is 30.9 Å². The number of rotatable bonds is 6. The first kappa shape index (κ1) is 15.3. The van der Waals surface area contributed by atoms with Gasteiger partial charge in [-0.05, 0) is 32.5 Å². The van der Waals surface area contributed by atoms with Crippen LogP contribution in [0.5, 0.6) is 0 Å². The molecule has 0 fully saturated rings. The first-order valence-electron chi connectivity index (χ1n) is 5.41. The Hall–Kier alpha value is -0.740. The molecule has 0 radical (unpaired) electrons. The molecule has 16 heavy (non-hydrogen) atoms. The van der Waals surface area contributed by atoms with Crippen molar-refractivity contribution in [3.05, 3.63) is 12.4 Å². The van der Waals surface area contributed by atoms with Crippen molar-refractivity contribution in [3.63, 3.8) is 0 Å². The molecule has 1 N–H and O–H groups in total. The van der Waals surface area contributed by atoms with E-state index in [-0.39, 0.29) is 0 Å². The summed E-state index contributed by atoms with van der Waals surface area (Å²) in [5, 5.41) is 3.54. The van der Waals surface area contributed by atoms with Gasteiger partial charge in [0.15, 0.2) is 5.29 Å². The molecule has 0 heterocycles. The number of aliphatic imine (C=N–C) groups is 1. The second kappa shape index (κ2) is 7.52. The highest BCUT2D eigenvalue weighted by Crippen LogP contribution is 2.06. The van der Waals surface area contributed by atoms with E-state index in [4.69, 9.17) is 11.6 Å². The molecule has 0 aliphatic heterocycles. The Morgan fingerprint density at radius 3 is 2.44 bits per heavy atom. The molecule has 94 valence electrons. The lowest BCUT2D eigenvalue weighted by Gasteiger charge is -2.23. The summed E-state index contributed by atoms with van der Waals surface area (Å²) < 4.78 is 0. The maximum absolute atomic E-state index is 6.07. The van der Waals surface area contributed by atoms with Crippen molar-refractivity contribution in [1.29, 1.82) is 0 Å². The molecule has 5 heteroatoms. The highest BCUT2D eigenvalue weighted by atomic mass is 35.5. The second-order valence-corrected chi connectivity index (χ2v) is 4.36. The molecule has 0 aromatic carbocycles. The van der Waals surface area contributed by atoms with Crippen LogP contribution in [0.15, 0.2) is 17.4 Å². The van der Waals surface area contributed by atoms with E-state index < -0.39 is 0 Å². The Labute approximate surface area is 104 Å². The van der Waals surface area contributed by atoms with Crippen molar-refractivity contribution >= 4 is 16.9 Å². The van der Waals surface area contributed by atoms with E-state index in [9.17, 15) is 0 Å². The van der Waals surface area contributed by atoms with E-state index in [0.717, 1.165) is 13.1 Å². The summed E-state index contributed by atoms with van der Waals surface area (Å²) in [7, 11) is 5.78. The summed E-state index contributed by atoms with van der Waals surface area (Å²) in [4.78, 5) is 8.13. The molecule has 0 saturated carbocycles. The summed E-state index contributed by atoms with van der Waals surface area (Å²) in [5.74, 6) is 0.674. The van der Waals surface area contributed by atoms with Crippen molar-refractivity contribution < 1.29 is 0 Å². The monoisotopic (exact) mass is 246 g/mol. The summed E-state index contributed by atoms with van der Waals surface area (Å²) in [6.45, 7) is 9.76. The molecule has 0 unspecified atom stereocenters. The fourth-order valence-corrected chi connectivity index (χ4v) is 1.19. The third-order valence-corrected chi connectivity index (χ3v) is 2.78. The normalized spacial score (nSPS) is 11.8. The molecule has 4 nitrogen and oxygen atoms in total. The van der Waals surface area contributed by atoms with Crippen LogP contribution < -0.4 is 5.32 Å². The number of likely N-dealkylation sites (N-methyl/N-ethyl adjacent to an activating group) is 2. The van der Waals surface area contributed by atoms with E-state index >= 15 is 0 Å². The van der Waals surface area contributed by atoms with Crippen molar-refractivity contribution in [3.8, 4) is 0 Å². The molecule has 0 aliphatic carbocycles. The number of halogens is 1. The lowest BCUT2D eigenvalue weighted by atomic mass is 10.4. The van der Waals surface area contributed by atoms with Gasteiger partial charge in [0.05, 0.1) is 0 Å². The third-order valence-electron chi connectivity index (χ3n) is 2.42. The minimum absolute atomic E-state index is 0.326. The van der Waals surface area contributed by atoms with Gasteiger partial charge in [0.25, 0.3) is 0 Å². The second-order valence-electron chi connectivity index (χ2n) is 4.03. The minimum Gasteiger partial charge on any atom is -0.359 e. The fraction of sp³-hybridized carbons (Fsp3) is 0.727. The van der Waals surface area contributed by atoms with Gasteiger partial charge in [0, 0.05) is 33.2 Å². The quantitative estimate of drug-likeness (QED) is 0.438. The fourth-order valence-electron chi connectivity index (χ4n) is 0.892. The zero-order chi connectivity index (χ0) is 12.7. The van der Waals surface area contributed by atoms with Crippen LogP contribution in [0.2, 0.25) is 0 Å². The minimum atomic E-state index is 0.326. The average molecular weight is 247 g/mol. The standard InChI is InChI=1S/C11H23ClN4/c1-9(2)16(6)11(12)14-10(3)15(5)8-7-13-4/h9,13H,3,7-8H2,1-2,4-6H3/b14-11-. The number of amidine groups is 1. The largest absolute Gasteiger partial charge is 0.359 e. The number of hydrogen-bond acceptors (Lipinski definition) is 3. The molecule has 0 aromatic rings. The Morgan fingerprint density at radius 2 is 2.00 bits per heavy atom. The summed E-state index contributed by atoms with van der Waals surface area (Å²) in [6.07, 6.45) is 0. The molecule has 0 bridgehead atoms. The molecule has 0 saturated heterocycles. The molecule has 0 rings (SSSR count). The predicted octanol–water partition coefficient (Wildman–Crippen LogP) is 1.54. The smallest absolute Gasteiger partial charge is 0.200 e. The van der Waals surface area contributed by atoms with E-state index in [1.54, 1.807) is 0 Å². The van der Waals surface area contributed by atoms with Gasteiger partial charge in [-0.15, -0.1) is 0 Å². The summed E-state index contributed by atoms with van der Waals surface area (Å²) >= 11 is 6.07. The van der Waals surface area contributed by atoms with Crippen molar-refractivity contribution in [1.82, 2.24) is 15.1 Å². The first-order chi connectivity index (χ1) is 7.40. The summed E-state index contributed by atoms with van der Waals surface area (Å²) in [6, 6.07) is 0.326. The van der Waals surface area contributed by atoms with Crippen LogP contribution in [-0.2, 0) is 0 Å². The van der Waals surface area contributed by atoms with Crippen molar-refractivity contribution in [2.45, 2.75) is 19.9 Å². The molecule has 0 aromatic heterocycles. The summed E-state index contributed by atoms with van der Waals surface area (Å²) in [5.41, 5.74) is 0. The van der Waals surface area contributed by atoms with Gasteiger partial charge in [-0.2, -0.15) is 0 Å². The van der Waals surface area contributed by atoms with Crippen LogP contribution in [-0.4, -0.2) is 55.4 Å². The van der Waals surface area contributed by atoms with Crippen molar-refractivity contribution in [2.75, 3.05) is 34.2 Å². The number of hydrogen-bond donors (Lipinski definition) is 1. The Kier molecular flexibility index (Phi) is 7.17. The van der Waals surface area contributed by atoms with E-state index in [1.165, 1.54) is 0 Å². The molecular weight excluding hydrogens is 224 g/mol. The highest BCUT2D eigenvalue weighted by molar-refractivity contribution is 6.64. The predicted molar refractivity (Wildman–Crippen MR) is 71.9 cm³/mol. The first-order valence-corrected chi connectivity index (χ1v) is 5.79. The van der Waals surface area contributed by atoms with Gasteiger partial charge < -0.3 is 15.1 Å². The SMILES string of the molecule is C=C(/N=C(/Cl)N(C)C(C)C)N(C)CCNC. The zero-order valence-corrected chi connectivity index (χ0v) is 11.7. The van der Waals surface area contributed by atoms with Crippen LogP contribution in [0.25, 0.3) is 0 Å². The van der Waals surface area contributed by atoms with Crippen LogP contribution >= 0.6 is 11.6 Å². The third kappa shape index (κ3) is 5.37. The Morgan fingerprint density at radius 1 is 1.44 bits per heavy atom. The maximum Gasteiger partial charge on any atom is 0.200 e. The van der Waals surface area contributed by atoms with E-state index in [1.807, 2.05) is 30.9 Å². The van der Waals surface area contributed by atoms with Crippen LogP contribution in [0.3, 0.4) is 0 Å². The molecule has 0 aliphatic rings. The average Bonchev–Trinajstić information content (AvgIpc) is 2.24. The number of nitrogens with zero attached hydrogens (tertiary/aromatic N) is 3. The van der Waals surface area contributed by atoms with Gasteiger partial charge in [0.2, 0.25) is 0 Å². The van der Waals surface area contributed by atoms with Crippen LogP contribution in [0, 0.1) is 0 Å². The number of nitrogens with one attached hydrogen (secondary N) is 1. The maximum atomic E-state index is 6.07. The molecule has 0 spiro atoms. The lowest BCUT2D eigenvalue weighted by molar-refractivity contribution is 0.401. The van der Waals surface area contributed by atoms with Crippen LogP contribution in [0.4, 0.5) is 0 Å². The van der Waals surface area contributed by atoms with Gasteiger partial charge >= 0.3 is 0 Å². The molecule has 0 amide bonds. The molecular formula is C11H23ClN4. The Balaban J connectivity index is 4.34. The highest BCUT2D eigenvalue weighted by Gasteiger charge is 2.08. The lowest BCUT2D eigenvalue weighted by Crippen LogP contribution is -2.31. The van der Waals surface area contributed by atoms with Crippen molar-refractivity contribution in [2.24, 2.45) is 4.99 Å². The van der Waals surface area contributed by atoms with Gasteiger partial charge in [-0.1, -0.05) is 6.58 Å².